The van der Waals surface area contributed by atoms with Crippen molar-refractivity contribution >= 4 is 17.0 Å². The molecule has 0 aliphatic rings. The highest BCUT2D eigenvalue weighted by Gasteiger charge is 2.06. The summed E-state index contributed by atoms with van der Waals surface area (Å²) in [5.41, 5.74) is 0.733. The van der Waals surface area contributed by atoms with Gasteiger partial charge in [0, 0.05) is 0 Å². The van der Waals surface area contributed by atoms with E-state index in [1.165, 1.54) is 0 Å². The fourth-order valence-electron chi connectivity index (χ4n) is 1.38. The molecule has 0 saturated carbocycles. The van der Waals surface area contributed by atoms with Crippen LogP contribution in [0.2, 0.25) is 0 Å². The molecule has 0 saturated heterocycles. The normalized spacial score (nSPS) is 10.9. The van der Waals surface area contributed by atoms with Gasteiger partial charge in [-0.1, -0.05) is 6.07 Å². The average molecular weight is 217 g/mol. The molecular formula is C10H7N3OS. The molecule has 4 nitrogen and oxygen atoms in total. The van der Waals surface area contributed by atoms with E-state index in [9.17, 15) is 5.11 Å². The van der Waals surface area contributed by atoms with Crippen molar-refractivity contribution in [2.45, 2.75) is 0 Å². The Balaban J connectivity index is 2.22. The van der Waals surface area contributed by atoms with Gasteiger partial charge < -0.3 is 5.11 Å². The van der Waals surface area contributed by atoms with Crippen LogP contribution in [0.25, 0.3) is 16.3 Å². The van der Waals surface area contributed by atoms with E-state index in [0.29, 0.717) is 5.82 Å². The predicted octanol–water partition coefficient (Wildman–Crippen LogP) is 2.16. The molecule has 3 heterocycles. The Kier molecular flexibility index (Phi) is 1.72. The number of rotatable bonds is 1. The van der Waals surface area contributed by atoms with Crippen LogP contribution >= 0.6 is 11.3 Å². The quantitative estimate of drug-likeness (QED) is 0.679. The Hall–Kier alpha value is -1.88. The van der Waals surface area contributed by atoms with Crippen molar-refractivity contribution in [2.24, 2.45) is 0 Å². The molecule has 0 fully saturated rings. The Bertz CT molecular complexity index is 600. The molecule has 5 heteroatoms. The first-order chi connectivity index (χ1) is 7.33. The van der Waals surface area contributed by atoms with Gasteiger partial charge in [0.1, 0.15) is 5.75 Å². The standard InChI is InChI=1S/C10H7N3OS/c14-7-3-4-9-11-10(12-13(9)6-7)8-2-1-5-15-8/h1-6,14H. The van der Waals surface area contributed by atoms with Gasteiger partial charge in [-0.15, -0.1) is 16.4 Å². The molecular weight excluding hydrogens is 210 g/mol. The third-order valence-electron chi connectivity index (χ3n) is 2.06. The van der Waals surface area contributed by atoms with Gasteiger partial charge in [0.15, 0.2) is 11.5 Å². The van der Waals surface area contributed by atoms with Gasteiger partial charge in [0.2, 0.25) is 0 Å². The zero-order valence-electron chi connectivity index (χ0n) is 7.66. The van der Waals surface area contributed by atoms with Crippen LogP contribution in [0.5, 0.6) is 5.75 Å². The van der Waals surface area contributed by atoms with E-state index in [4.69, 9.17) is 0 Å². The second-order valence-corrected chi connectivity index (χ2v) is 4.05. The first-order valence-electron chi connectivity index (χ1n) is 4.42. The number of aromatic hydroxyl groups is 1. The van der Waals surface area contributed by atoms with Crippen LogP contribution in [0.3, 0.4) is 0 Å². The number of thiophene rings is 1. The van der Waals surface area contributed by atoms with Gasteiger partial charge in [-0.2, -0.15) is 0 Å². The van der Waals surface area contributed by atoms with E-state index in [0.717, 1.165) is 10.5 Å². The van der Waals surface area contributed by atoms with Crippen LogP contribution in [0.4, 0.5) is 0 Å². The summed E-state index contributed by atoms with van der Waals surface area (Å²) in [4.78, 5) is 5.37. The summed E-state index contributed by atoms with van der Waals surface area (Å²) in [6.45, 7) is 0. The highest BCUT2D eigenvalue weighted by Crippen LogP contribution is 2.22. The zero-order valence-corrected chi connectivity index (χ0v) is 8.48. The maximum absolute atomic E-state index is 9.28. The summed E-state index contributed by atoms with van der Waals surface area (Å²) in [5, 5.41) is 15.5. The summed E-state index contributed by atoms with van der Waals surface area (Å²) in [6.07, 6.45) is 1.54. The number of pyridine rings is 1. The Morgan fingerprint density at radius 1 is 1.27 bits per heavy atom. The third-order valence-corrected chi connectivity index (χ3v) is 2.92. The van der Waals surface area contributed by atoms with E-state index in [1.807, 2.05) is 17.5 Å². The summed E-state index contributed by atoms with van der Waals surface area (Å²) in [6, 6.07) is 7.27. The lowest BCUT2D eigenvalue weighted by Gasteiger charge is -1.90. The smallest absolute Gasteiger partial charge is 0.192 e. The molecule has 0 aliphatic heterocycles. The highest BCUT2D eigenvalue weighted by atomic mass is 32.1. The fourth-order valence-corrected chi connectivity index (χ4v) is 2.04. The SMILES string of the molecule is Oc1ccc2nc(-c3cccs3)nn2c1. The first kappa shape index (κ1) is 8.43. The van der Waals surface area contributed by atoms with Gasteiger partial charge in [-0.05, 0) is 23.6 Å². The largest absolute Gasteiger partial charge is 0.506 e. The van der Waals surface area contributed by atoms with Gasteiger partial charge in [0.05, 0.1) is 11.1 Å². The lowest BCUT2D eigenvalue weighted by atomic mass is 10.4. The third kappa shape index (κ3) is 1.37. The molecule has 0 bridgehead atoms. The van der Waals surface area contributed by atoms with E-state index < -0.39 is 0 Å². The molecule has 15 heavy (non-hydrogen) atoms. The van der Waals surface area contributed by atoms with Crippen molar-refractivity contribution < 1.29 is 5.11 Å². The minimum Gasteiger partial charge on any atom is -0.506 e. The number of hydrogen-bond donors (Lipinski definition) is 1. The molecule has 0 spiro atoms. The lowest BCUT2D eigenvalue weighted by molar-refractivity contribution is 0.470. The van der Waals surface area contributed by atoms with Crippen molar-refractivity contribution in [1.29, 1.82) is 0 Å². The molecule has 3 aromatic rings. The monoisotopic (exact) mass is 217 g/mol. The second kappa shape index (κ2) is 3.06. The number of fused-ring (bicyclic) bond motifs is 1. The predicted molar refractivity (Wildman–Crippen MR) is 58.0 cm³/mol. The van der Waals surface area contributed by atoms with E-state index >= 15 is 0 Å². The topological polar surface area (TPSA) is 50.4 Å². The molecule has 0 atom stereocenters. The Morgan fingerprint density at radius 2 is 2.20 bits per heavy atom. The summed E-state index contributed by atoms with van der Waals surface area (Å²) < 4.78 is 1.57. The van der Waals surface area contributed by atoms with Gasteiger partial charge in [-0.3, -0.25) is 0 Å². The second-order valence-electron chi connectivity index (χ2n) is 3.10. The molecule has 0 aliphatic carbocycles. The number of aromatic nitrogens is 3. The maximum atomic E-state index is 9.28. The minimum absolute atomic E-state index is 0.185. The molecule has 74 valence electrons. The van der Waals surface area contributed by atoms with Gasteiger partial charge in [-0.25, -0.2) is 9.50 Å². The minimum atomic E-state index is 0.185. The van der Waals surface area contributed by atoms with Crippen LogP contribution in [-0.2, 0) is 0 Å². The average Bonchev–Trinajstić information content (AvgIpc) is 2.84. The molecule has 0 radical (unpaired) electrons. The van der Waals surface area contributed by atoms with Crippen molar-refractivity contribution in [1.82, 2.24) is 14.6 Å². The van der Waals surface area contributed by atoms with Gasteiger partial charge >= 0.3 is 0 Å². The van der Waals surface area contributed by atoms with Crippen LogP contribution in [0.1, 0.15) is 0 Å². The molecule has 0 amide bonds. The lowest BCUT2D eigenvalue weighted by Crippen LogP contribution is -1.84. The molecule has 0 unspecified atom stereocenters. The van der Waals surface area contributed by atoms with Crippen LogP contribution in [0.15, 0.2) is 35.8 Å². The van der Waals surface area contributed by atoms with Crippen LogP contribution in [0, 0.1) is 0 Å². The van der Waals surface area contributed by atoms with Crippen molar-refractivity contribution in [3.05, 3.63) is 35.8 Å². The molecule has 3 rings (SSSR count). The van der Waals surface area contributed by atoms with E-state index in [-0.39, 0.29) is 5.75 Å². The zero-order chi connectivity index (χ0) is 10.3. The summed E-state index contributed by atoms with van der Waals surface area (Å²) >= 11 is 1.59. The van der Waals surface area contributed by atoms with Crippen LogP contribution in [-0.4, -0.2) is 19.7 Å². The number of hydrogen-bond acceptors (Lipinski definition) is 4. The van der Waals surface area contributed by atoms with Crippen molar-refractivity contribution in [3.63, 3.8) is 0 Å². The Labute approximate surface area is 89.4 Å². The van der Waals surface area contributed by atoms with Crippen LogP contribution < -0.4 is 0 Å². The molecule has 3 aromatic heterocycles. The number of nitrogens with zero attached hydrogens (tertiary/aromatic N) is 3. The van der Waals surface area contributed by atoms with E-state index in [2.05, 4.69) is 10.1 Å². The summed E-state index contributed by atoms with van der Waals surface area (Å²) in [7, 11) is 0. The maximum Gasteiger partial charge on any atom is 0.192 e. The van der Waals surface area contributed by atoms with Crippen molar-refractivity contribution in [2.75, 3.05) is 0 Å². The molecule has 1 N–H and O–H groups in total. The van der Waals surface area contributed by atoms with E-state index in [1.54, 1.807) is 34.2 Å². The summed E-state index contributed by atoms with van der Waals surface area (Å²) in [5.74, 6) is 0.876. The van der Waals surface area contributed by atoms with Gasteiger partial charge in [0.25, 0.3) is 0 Å². The highest BCUT2D eigenvalue weighted by molar-refractivity contribution is 7.13. The molecule has 0 aromatic carbocycles. The first-order valence-corrected chi connectivity index (χ1v) is 5.30. The fraction of sp³-hybridized carbons (Fsp3) is 0. The Morgan fingerprint density at radius 3 is 3.00 bits per heavy atom. The van der Waals surface area contributed by atoms with Crippen molar-refractivity contribution in [3.8, 4) is 16.5 Å².